The number of nitro benzene ring substituents is 1. The van der Waals surface area contributed by atoms with Crippen LogP contribution in [0.15, 0.2) is 18.2 Å². The molecular weight excluding hydrogens is 225 g/mol. The van der Waals surface area contributed by atoms with Gasteiger partial charge in [-0.15, -0.1) is 11.6 Å². The number of nitrogens with zero attached hydrogens (tertiary/aromatic N) is 1. The van der Waals surface area contributed by atoms with Crippen molar-refractivity contribution in [2.45, 2.75) is 6.42 Å². The van der Waals surface area contributed by atoms with Crippen LogP contribution < -0.4 is 4.74 Å². The van der Waals surface area contributed by atoms with Crippen LogP contribution in [0.5, 0.6) is 5.75 Å². The van der Waals surface area contributed by atoms with Gasteiger partial charge in [0, 0.05) is 18.0 Å². The summed E-state index contributed by atoms with van der Waals surface area (Å²) >= 11 is 5.41. The van der Waals surface area contributed by atoms with Gasteiger partial charge in [0.05, 0.1) is 11.5 Å². The lowest BCUT2D eigenvalue weighted by molar-refractivity contribution is -0.385. The molecule has 0 bridgehead atoms. The summed E-state index contributed by atoms with van der Waals surface area (Å²) in [5.74, 6) is -0.241. The van der Waals surface area contributed by atoms with Crippen molar-refractivity contribution < 1.29 is 14.1 Å². The second-order valence-corrected chi connectivity index (χ2v) is 3.14. The largest absolute Gasteiger partial charge is 0.487 e. The van der Waals surface area contributed by atoms with Crippen LogP contribution in [0.4, 0.5) is 10.1 Å². The molecule has 0 atom stereocenters. The molecule has 0 heterocycles. The Kier molecular flexibility index (Phi) is 4.30. The maximum Gasteiger partial charge on any atom is 0.311 e. The summed E-state index contributed by atoms with van der Waals surface area (Å²) in [4.78, 5) is 9.93. The molecule has 0 aliphatic rings. The molecule has 1 aromatic rings. The van der Waals surface area contributed by atoms with Gasteiger partial charge < -0.3 is 4.74 Å². The number of nitro groups is 1. The number of hydrogen-bond acceptors (Lipinski definition) is 3. The van der Waals surface area contributed by atoms with E-state index in [2.05, 4.69) is 0 Å². The highest BCUT2D eigenvalue weighted by molar-refractivity contribution is 6.17. The maximum atomic E-state index is 12.8. The summed E-state index contributed by atoms with van der Waals surface area (Å²) in [5.41, 5.74) is -0.244. The van der Waals surface area contributed by atoms with Crippen molar-refractivity contribution >= 4 is 17.3 Å². The standard InChI is InChI=1S/C9H9ClFNO3/c10-4-1-5-15-9-6-7(11)2-3-8(9)12(13)14/h2-3,6H,1,4-5H2. The fraction of sp³-hybridized carbons (Fsp3) is 0.333. The van der Waals surface area contributed by atoms with E-state index in [1.807, 2.05) is 0 Å². The average Bonchev–Trinajstić information content (AvgIpc) is 2.18. The highest BCUT2D eigenvalue weighted by Gasteiger charge is 2.15. The molecule has 6 heteroatoms. The molecule has 0 radical (unpaired) electrons. The lowest BCUT2D eigenvalue weighted by Crippen LogP contribution is -2.01. The van der Waals surface area contributed by atoms with Crippen LogP contribution in [-0.2, 0) is 0 Å². The molecule has 0 aliphatic carbocycles. The van der Waals surface area contributed by atoms with Gasteiger partial charge in [0.15, 0.2) is 5.75 Å². The number of halogens is 2. The van der Waals surface area contributed by atoms with Crippen molar-refractivity contribution in [1.82, 2.24) is 0 Å². The first-order chi connectivity index (χ1) is 7.15. The van der Waals surface area contributed by atoms with Gasteiger partial charge in [-0.05, 0) is 12.5 Å². The third-order valence-corrected chi connectivity index (χ3v) is 1.92. The van der Waals surface area contributed by atoms with Gasteiger partial charge in [0.1, 0.15) is 5.82 Å². The van der Waals surface area contributed by atoms with E-state index in [4.69, 9.17) is 16.3 Å². The van der Waals surface area contributed by atoms with E-state index in [1.165, 1.54) is 0 Å². The van der Waals surface area contributed by atoms with Gasteiger partial charge in [-0.3, -0.25) is 10.1 Å². The van der Waals surface area contributed by atoms with Gasteiger partial charge >= 0.3 is 5.69 Å². The zero-order valence-electron chi connectivity index (χ0n) is 7.78. The second-order valence-electron chi connectivity index (χ2n) is 2.76. The van der Waals surface area contributed by atoms with E-state index in [-0.39, 0.29) is 18.0 Å². The predicted octanol–water partition coefficient (Wildman–Crippen LogP) is 2.74. The number of rotatable bonds is 5. The Morgan fingerprint density at radius 1 is 1.53 bits per heavy atom. The normalized spacial score (nSPS) is 10.0. The first-order valence-corrected chi connectivity index (χ1v) is 4.81. The number of hydrogen-bond donors (Lipinski definition) is 0. The van der Waals surface area contributed by atoms with Crippen LogP contribution in [0.2, 0.25) is 0 Å². The Morgan fingerprint density at radius 2 is 2.27 bits per heavy atom. The quantitative estimate of drug-likeness (QED) is 0.340. The second kappa shape index (κ2) is 5.50. The average molecular weight is 234 g/mol. The lowest BCUT2D eigenvalue weighted by atomic mass is 10.3. The number of ether oxygens (including phenoxy) is 1. The van der Waals surface area contributed by atoms with Crippen LogP contribution in [0.25, 0.3) is 0 Å². The molecule has 1 aromatic carbocycles. The van der Waals surface area contributed by atoms with Crippen LogP contribution >= 0.6 is 11.6 Å². The fourth-order valence-corrected chi connectivity index (χ4v) is 1.10. The molecule has 0 saturated carbocycles. The first-order valence-electron chi connectivity index (χ1n) is 4.28. The summed E-state index contributed by atoms with van der Waals surface area (Å²) < 4.78 is 17.8. The minimum absolute atomic E-state index is 0.0647. The number of alkyl halides is 1. The third kappa shape index (κ3) is 3.36. The Balaban J connectivity index is 2.82. The van der Waals surface area contributed by atoms with Gasteiger partial charge in [0.2, 0.25) is 0 Å². The van der Waals surface area contributed by atoms with Gasteiger partial charge in [-0.25, -0.2) is 4.39 Å². The highest BCUT2D eigenvalue weighted by Crippen LogP contribution is 2.27. The lowest BCUT2D eigenvalue weighted by Gasteiger charge is -2.05. The van der Waals surface area contributed by atoms with Crippen molar-refractivity contribution in [3.05, 3.63) is 34.1 Å². The molecule has 0 aliphatic heterocycles. The summed E-state index contributed by atoms with van der Waals surface area (Å²) in [5, 5.41) is 10.5. The molecular formula is C9H9ClFNO3. The van der Waals surface area contributed by atoms with Gasteiger partial charge in [-0.2, -0.15) is 0 Å². The van der Waals surface area contributed by atoms with Gasteiger partial charge in [-0.1, -0.05) is 0 Å². The van der Waals surface area contributed by atoms with Gasteiger partial charge in [0.25, 0.3) is 0 Å². The van der Waals surface area contributed by atoms with E-state index < -0.39 is 10.7 Å². The van der Waals surface area contributed by atoms with Crippen LogP contribution in [0.1, 0.15) is 6.42 Å². The molecule has 0 unspecified atom stereocenters. The molecule has 1 rings (SSSR count). The van der Waals surface area contributed by atoms with Crippen molar-refractivity contribution in [1.29, 1.82) is 0 Å². The van der Waals surface area contributed by atoms with Crippen LogP contribution in [0.3, 0.4) is 0 Å². The smallest absolute Gasteiger partial charge is 0.311 e. The van der Waals surface area contributed by atoms with Crippen molar-refractivity contribution in [2.24, 2.45) is 0 Å². The van der Waals surface area contributed by atoms with Crippen molar-refractivity contribution in [3.63, 3.8) is 0 Å². The third-order valence-electron chi connectivity index (χ3n) is 1.65. The van der Waals surface area contributed by atoms with Crippen LogP contribution in [0, 0.1) is 15.9 Å². The summed E-state index contributed by atoms with van der Waals surface area (Å²) in [6, 6.07) is 3.09. The van der Waals surface area contributed by atoms with E-state index in [9.17, 15) is 14.5 Å². The molecule has 0 fully saturated rings. The molecule has 0 aromatic heterocycles. The number of benzene rings is 1. The Bertz CT molecular complexity index is 359. The molecule has 15 heavy (non-hydrogen) atoms. The molecule has 0 N–H and O–H groups in total. The topological polar surface area (TPSA) is 52.4 Å². The Morgan fingerprint density at radius 3 is 2.87 bits per heavy atom. The fourth-order valence-electron chi connectivity index (χ4n) is 0.991. The van der Waals surface area contributed by atoms with E-state index in [0.29, 0.717) is 12.3 Å². The predicted molar refractivity (Wildman–Crippen MR) is 53.9 cm³/mol. The highest BCUT2D eigenvalue weighted by atomic mass is 35.5. The molecule has 0 spiro atoms. The summed E-state index contributed by atoms with van der Waals surface area (Å²) in [6.07, 6.45) is 0.551. The van der Waals surface area contributed by atoms with Crippen molar-refractivity contribution in [3.8, 4) is 5.75 Å². The van der Waals surface area contributed by atoms with Crippen molar-refractivity contribution in [2.75, 3.05) is 12.5 Å². The maximum absolute atomic E-state index is 12.8. The minimum atomic E-state index is -0.616. The first kappa shape index (κ1) is 11.7. The zero-order valence-corrected chi connectivity index (χ0v) is 8.54. The van der Waals surface area contributed by atoms with E-state index in [1.54, 1.807) is 0 Å². The monoisotopic (exact) mass is 233 g/mol. The van der Waals surface area contributed by atoms with E-state index in [0.717, 1.165) is 18.2 Å². The zero-order chi connectivity index (χ0) is 11.3. The van der Waals surface area contributed by atoms with E-state index >= 15 is 0 Å². The Labute approximate surface area is 90.8 Å². The Hall–Kier alpha value is -1.36. The van der Waals surface area contributed by atoms with Crippen LogP contribution in [-0.4, -0.2) is 17.4 Å². The summed E-state index contributed by atoms with van der Waals surface area (Å²) in [6.45, 7) is 0.230. The molecule has 4 nitrogen and oxygen atoms in total. The molecule has 0 saturated heterocycles. The SMILES string of the molecule is O=[N+]([O-])c1ccc(F)cc1OCCCCl. The minimum Gasteiger partial charge on any atom is -0.487 e. The molecule has 82 valence electrons. The summed E-state index contributed by atoms with van der Waals surface area (Å²) in [7, 11) is 0. The molecule has 0 amide bonds.